The van der Waals surface area contributed by atoms with Crippen molar-refractivity contribution in [2.75, 3.05) is 0 Å². The number of benzene rings is 6. The normalized spacial score (nSPS) is 15.5. The topological polar surface area (TPSA) is 189 Å². The molecule has 0 amide bonds. The second kappa shape index (κ2) is 11.0. The number of fused-ring (bicyclic) bond motifs is 12. The lowest BCUT2D eigenvalue weighted by molar-refractivity contribution is 0.0214. The highest BCUT2D eigenvalue weighted by Crippen LogP contribution is 2.58. The summed E-state index contributed by atoms with van der Waals surface area (Å²) in [5.41, 5.74) is 1.32. The Morgan fingerprint density at radius 1 is 0.453 bits per heavy atom. The number of phenolic OH excluding ortho intramolecular Hbond substituents is 4. The predicted molar refractivity (Wildman–Crippen MR) is 183 cm³/mol. The van der Waals surface area contributed by atoms with Crippen molar-refractivity contribution in [1.82, 2.24) is 0 Å². The van der Waals surface area contributed by atoms with Crippen molar-refractivity contribution in [3.05, 3.63) is 165 Å². The van der Waals surface area contributed by atoms with Crippen molar-refractivity contribution in [2.24, 2.45) is 0 Å². The predicted octanol–water partition coefficient (Wildman–Crippen LogP) is 7.03. The van der Waals surface area contributed by atoms with Crippen LogP contribution in [0.15, 0.2) is 115 Å². The molecule has 2 spiro atoms. The lowest BCUT2D eigenvalue weighted by Gasteiger charge is -2.36. The maximum atomic E-state index is 12.7. The Morgan fingerprint density at radius 3 is 1.28 bits per heavy atom. The number of rotatable bonds is 1. The first kappa shape index (κ1) is 31.5. The zero-order chi connectivity index (χ0) is 36.8. The number of carboxylic acids is 1. The molecule has 12 nitrogen and oxygen atoms in total. The van der Waals surface area contributed by atoms with E-state index in [0.717, 1.165) is 0 Å². The molecule has 4 aliphatic heterocycles. The molecule has 10 rings (SSSR count). The number of carbonyl (C=O) groups excluding carboxylic acids is 2. The Bertz CT molecular complexity index is 2500. The van der Waals surface area contributed by atoms with E-state index in [-0.39, 0.29) is 45.6 Å². The summed E-state index contributed by atoms with van der Waals surface area (Å²) in [5.74, 6) is -0.972. The third kappa shape index (κ3) is 4.45. The maximum absolute atomic E-state index is 12.7. The fourth-order valence-corrected chi connectivity index (χ4v) is 7.49. The first-order valence-corrected chi connectivity index (χ1v) is 16.1. The van der Waals surface area contributed by atoms with Crippen LogP contribution in [0, 0.1) is 0 Å². The summed E-state index contributed by atoms with van der Waals surface area (Å²) in [6.07, 6.45) is 0. The minimum Gasteiger partial charge on any atom is -0.508 e. The minimum atomic E-state index is -1.46. The fourth-order valence-electron chi connectivity index (χ4n) is 7.49. The molecule has 0 unspecified atom stereocenters. The Hall–Kier alpha value is -7.47. The number of aromatic carboxylic acids is 1. The van der Waals surface area contributed by atoms with E-state index in [4.69, 9.17) is 18.9 Å². The number of hydrogen-bond donors (Lipinski definition) is 5. The summed E-state index contributed by atoms with van der Waals surface area (Å²) in [4.78, 5) is 36.7. The molecule has 12 heteroatoms. The summed E-state index contributed by atoms with van der Waals surface area (Å²) >= 11 is 0. The van der Waals surface area contributed by atoms with Crippen molar-refractivity contribution < 1.29 is 58.9 Å². The van der Waals surface area contributed by atoms with Gasteiger partial charge in [-0.05, 0) is 72.8 Å². The summed E-state index contributed by atoms with van der Waals surface area (Å²) in [7, 11) is 0. The maximum Gasteiger partial charge on any atom is 0.340 e. The molecule has 6 aromatic rings. The average molecular weight is 709 g/mol. The number of phenols is 4. The van der Waals surface area contributed by atoms with Crippen molar-refractivity contribution in [3.8, 4) is 46.0 Å². The van der Waals surface area contributed by atoms with Crippen LogP contribution in [0.5, 0.6) is 46.0 Å². The molecule has 4 aliphatic rings. The minimum absolute atomic E-state index is 0.00331. The molecule has 0 aromatic heterocycles. The van der Waals surface area contributed by atoms with Gasteiger partial charge in [0, 0.05) is 57.6 Å². The average Bonchev–Trinajstić information content (AvgIpc) is 3.59. The zero-order valence-electron chi connectivity index (χ0n) is 27.1. The molecule has 53 heavy (non-hydrogen) atoms. The van der Waals surface area contributed by atoms with Gasteiger partial charge >= 0.3 is 17.9 Å². The van der Waals surface area contributed by atoms with Crippen LogP contribution in [-0.4, -0.2) is 43.4 Å². The van der Waals surface area contributed by atoms with Crippen LogP contribution in [0.3, 0.4) is 0 Å². The molecule has 0 saturated heterocycles. The van der Waals surface area contributed by atoms with E-state index in [1.807, 2.05) is 12.1 Å². The third-order valence-electron chi connectivity index (χ3n) is 9.70. The van der Waals surface area contributed by atoms with Crippen LogP contribution in [0.4, 0.5) is 0 Å². The summed E-state index contributed by atoms with van der Waals surface area (Å²) in [5, 5.41) is 48.8. The van der Waals surface area contributed by atoms with Gasteiger partial charge in [0.25, 0.3) is 0 Å². The molecule has 260 valence electrons. The van der Waals surface area contributed by atoms with Crippen molar-refractivity contribution in [1.29, 1.82) is 0 Å². The van der Waals surface area contributed by atoms with Gasteiger partial charge in [-0.25, -0.2) is 14.4 Å². The largest absolute Gasteiger partial charge is 0.508 e. The molecule has 4 heterocycles. The molecule has 6 aromatic carbocycles. The van der Waals surface area contributed by atoms with Crippen LogP contribution in [0.1, 0.15) is 64.5 Å². The molecule has 0 bridgehead atoms. The van der Waals surface area contributed by atoms with E-state index in [2.05, 4.69) is 0 Å². The second-order valence-electron chi connectivity index (χ2n) is 12.7. The number of hydrogen-bond acceptors (Lipinski definition) is 11. The molecule has 0 atom stereocenters. The van der Waals surface area contributed by atoms with Crippen LogP contribution in [0.25, 0.3) is 0 Å². The SMILES string of the molecule is O=C(O)c1ccc2c(c1)C1(OC2=O)c2ccc(O)cc2Oc2cc(O)ccc21.O=C1OC2(c3ccc(O)cc3Oc3cc(O)ccc32)c2ccccc21. The molecular formula is C41H24O12. The standard InChI is InChI=1S/C21H12O7.C20H12O5/c22-11-2-5-14-17(8-11)27-18-9-12(23)3-6-15(18)21(14)16-7-10(19(24)25)1-4-13(16)20(26)28-21;21-11-5-7-15-17(9-11)24-18-10-12(22)6-8-16(18)20(15)14-4-2-1-3-13(14)19(23)25-20/h1-9,22-23H,(H,24,25);1-10,21-22H. The van der Waals surface area contributed by atoms with E-state index in [0.29, 0.717) is 50.4 Å². The number of esters is 2. The van der Waals surface area contributed by atoms with Gasteiger partial charge in [-0.15, -0.1) is 0 Å². The van der Waals surface area contributed by atoms with E-state index in [1.165, 1.54) is 66.7 Å². The molecule has 0 saturated carbocycles. The summed E-state index contributed by atoms with van der Waals surface area (Å²) in [6.45, 7) is 0. The summed E-state index contributed by atoms with van der Waals surface area (Å²) in [6, 6.07) is 29.5. The number of aromatic hydroxyl groups is 4. The summed E-state index contributed by atoms with van der Waals surface area (Å²) < 4.78 is 23.5. The van der Waals surface area contributed by atoms with E-state index < -0.39 is 29.1 Å². The van der Waals surface area contributed by atoms with Gasteiger partial charge in [0.15, 0.2) is 11.2 Å². The van der Waals surface area contributed by atoms with Gasteiger partial charge in [0.2, 0.25) is 0 Å². The van der Waals surface area contributed by atoms with Crippen LogP contribution in [-0.2, 0) is 20.7 Å². The number of carboxylic acid groups (broad SMARTS) is 1. The molecule has 0 aliphatic carbocycles. The number of carbonyl (C=O) groups is 3. The van der Waals surface area contributed by atoms with Gasteiger partial charge in [-0.2, -0.15) is 0 Å². The molecule has 5 N–H and O–H groups in total. The van der Waals surface area contributed by atoms with Gasteiger partial charge in [0.05, 0.1) is 16.7 Å². The Morgan fingerprint density at radius 2 is 0.849 bits per heavy atom. The quantitative estimate of drug-likeness (QED) is 0.110. The lowest BCUT2D eigenvalue weighted by atomic mass is 9.77. The molecule has 0 fully saturated rings. The van der Waals surface area contributed by atoms with Crippen molar-refractivity contribution >= 4 is 17.9 Å². The monoisotopic (exact) mass is 708 g/mol. The van der Waals surface area contributed by atoms with Gasteiger partial charge < -0.3 is 44.5 Å². The zero-order valence-corrected chi connectivity index (χ0v) is 27.1. The first-order valence-electron chi connectivity index (χ1n) is 16.1. The van der Waals surface area contributed by atoms with Crippen LogP contribution >= 0.6 is 0 Å². The van der Waals surface area contributed by atoms with Gasteiger partial charge in [-0.3, -0.25) is 0 Å². The van der Waals surface area contributed by atoms with E-state index in [1.54, 1.807) is 36.4 Å². The van der Waals surface area contributed by atoms with Crippen molar-refractivity contribution in [2.45, 2.75) is 11.2 Å². The fraction of sp³-hybridized carbons (Fsp3) is 0.0488. The smallest absolute Gasteiger partial charge is 0.340 e. The Kier molecular flexibility index (Phi) is 6.55. The van der Waals surface area contributed by atoms with Crippen LogP contribution in [0.2, 0.25) is 0 Å². The highest BCUT2D eigenvalue weighted by molar-refractivity contribution is 5.99. The number of ether oxygens (including phenoxy) is 4. The lowest BCUT2D eigenvalue weighted by Crippen LogP contribution is -2.33. The third-order valence-corrected chi connectivity index (χ3v) is 9.70. The first-order chi connectivity index (χ1) is 25.5. The van der Waals surface area contributed by atoms with Crippen LogP contribution < -0.4 is 9.47 Å². The van der Waals surface area contributed by atoms with Gasteiger partial charge in [0.1, 0.15) is 46.0 Å². The van der Waals surface area contributed by atoms with E-state index in [9.17, 15) is 39.9 Å². The Balaban J connectivity index is 0.000000141. The van der Waals surface area contributed by atoms with Crippen molar-refractivity contribution in [3.63, 3.8) is 0 Å². The highest BCUT2D eigenvalue weighted by atomic mass is 16.6. The van der Waals surface area contributed by atoms with Gasteiger partial charge in [-0.1, -0.05) is 18.2 Å². The highest BCUT2D eigenvalue weighted by Gasteiger charge is 2.55. The second-order valence-corrected chi connectivity index (χ2v) is 12.7. The molecule has 0 radical (unpaired) electrons. The Labute approximate surface area is 298 Å². The molecular weight excluding hydrogens is 684 g/mol. The van der Waals surface area contributed by atoms with E-state index >= 15 is 0 Å².